The first kappa shape index (κ1) is 13.7. The van der Waals surface area contributed by atoms with Crippen molar-refractivity contribution in [1.29, 1.82) is 0 Å². The molecule has 0 heterocycles. The summed E-state index contributed by atoms with van der Waals surface area (Å²) in [4.78, 5) is 11.7. The van der Waals surface area contributed by atoms with Crippen molar-refractivity contribution >= 4 is 5.78 Å². The molecule has 1 aliphatic rings. The van der Waals surface area contributed by atoms with Crippen molar-refractivity contribution in [1.82, 2.24) is 0 Å². The zero-order chi connectivity index (χ0) is 12.4. The highest BCUT2D eigenvalue weighted by molar-refractivity contribution is 5.80. The molecule has 0 aromatic rings. The molecule has 1 aliphatic carbocycles. The normalized spacial score (nSPS) is 25.8. The van der Waals surface area contributed by atoms with E-state index in [1.165, 1.54) is 6.42 Å². The second kappa shape index (κ2) is 4.87. The molecule has 1 atom stereocenters. The average molecular weight is 226 g/mol. The van der Waals surface area contributed by atoms with Crippen molar-refractivity contribution in [3.8, 4) is 0 Å². The number of carbonyl (C=O) groups excluding carboxylic acids is 1. The van der Waals surface area contributed by atoms with Gasteiger partial charge in [-0.3, -0.25) is 4.79 Å². The van der Waals surface area contributed by atoms with Gasteiger partial charge in [0.25, 0.3) is 0 Å². The first-order valence-corrected chi connectivity index (χ1v) is 6.31. The first-order chi connectivity index (χ1) is 7.24. The van der Waals surface area contributed by atoms with Gasteiger partial charge in [0.05, 0.1) is 5.60 Å². The van der Waals surface area contributed by atoms with Gasteiger partial charge in [-0.15, -0.1) is 0 Å². The second-order valence-electron chi connectivity index (χ2n) is 6.66. The number of ether oxygens (including phenoxy) is 1. The van der Waals surface area contributed by atoms with E-state index in [1.807, 2.05) is 0 Å². The van der Waals surface area contributed by atoms with E-state index in [-0.39, 0.29) is 11.0 Å². The fraction of sp³-hybridized carbons (Fsp3) is 0.929. The summed E-state index contributed by atoms with van der Waals surface area (Å²) in [5.41, 5.74) is 0.155. The maximum absolute atomic E-state index is 11.7. The van der Waals surface area contributed by atoms with E-state index in [2.05, 4.69) is 27.7 Å². The summed E-state index contributed by atoms with van der Waals surface area (Å²) in [5.74, 6) is 1.00. The first-order valence-electron chi connectivity index (χ1n) is 6.31. The molecule has 0 aromatic carbocycles. The van der Waals surface area contributed by atoms with Crippen LogP contribution in [0, 0.1) is 11.3 Å². The number of Topliss-reactive ketones (excluding diaryl/α,β-unsaturated/α-hetero) is 1. The molecule has 0 aromatic heterocycles. The largest absolute Gasteiger partial charge is 0.379 e. The van der Waals surface area contributed by atoms with Crippen LogP contribution in [0.25, 0.3) is 0 Å². The van der Waals surface area contributed by atoms with Crippen LogP contribution in [0.15, 0.2) is 0 Å². The molecule has 0 aliphatic heterocycles. The van der Waals surface area contributed by atoms with Gasteiger partial charge in [0.2, 0.25) is 0 Å². The minimum Gasteiger partial charge on any atom is -0.379 e. The fourth-order valence-electron chi connectivity index (χ4n) is 2.71. The van der Waals surface area contributed by atoms with Gasteiger partial charge in [-0.1, -0.05) is 13.8 Å². The maximum Gasteiger partial charge on any atom is 0.133 e. The molecule has 1 fully saturated rings. The van der Waals surface area contributed by atoms with Crippen molar-refractivity contribution in [3.05, 3.63) is 0 Å². The van der Waals surface area contributed by atoms with Crippen LogP contribution in [0.3, 0.4) is 0 Å². The Labute approximate surface area is 99.8 Å². The van der Waals surface area contributed by atoms with Gasteiger partial charge in [0.15, 0.2) is 0 Å². The lowest BCUT2D eigenvalue weighted by molar-refractivity contribution is -0.125. The third kappa shape index (κ3) is 4.25. The lowest BCUT2D eigenvalue weighted by Crippen LogP contribution is -2.31. The van der Waals surface area contributed by atoms with E-state index < -0.39 is 0 Å². The number of hydrogen-bond acceptors (Lipinski definition) is 2. The molecule has 2 heteroatoms. The Hall–Kier alpha value is -0.370. The fourth-order valence-corrected chi connectivity index (χ4v) is 2.71. The van der Waals surface area contributed by atoms with Crippen molar-refractivity contribution in [2.45, 2.75) is 65.4 Å². The summed E-state index contributed by atoms with van der Waals surface area (Å²) in [6.45, 7) is 8.64. The van der Waals surface area contributed by atoms with Crippen molar-refractivity contribution in [2.24, 2.45) is 11.3 Å². The van der Waals surface area contributed by atoms with E-state index in [4.69, 9.17) is 4.74 Å². The lowest BCUT2D eigenvalue weighted by Gasteiger charge is -2.35. The minimum absolute atomic E-state index is 0.0510. The highest BCUT2D eigenvalue weighted by Crippen LogP contribution is 2.39. The summed E-state index contributed by atoms with van der Waals surface area (Å²) in [6, 6.07) is 0. The third-order valence-electron chi connectivity index (χ3n) is 3.74. The third-order valence-corrected chi connectivity index (χ3v) is 3.74. The quantitative estimate of drug-likeness (QED) is 0.732. The minimum atomic E-state index is -0.0510. The lowest BCUT2D eigenvalue weighted by atomic mass is 9.70. The van der Waals surface area contributed by atoms with Gasteiger partial charge < -0.3 is 4.74 Å². The van der Waals surface area contributed by atoms with Crippen LogP contribution in [0.2, 0.25) is 0 Å². The Bertz CT molecular complexity index is 253. The predicted octanol–water partition coefficient (Wildman–Crippen LogP) is 3.59. The van der Waals surface area contributed by atoms with Gasteiger partial charge in [-0.05, 0) is 44.4 Å². The number of hydrogen-bond donors (Lipinski definition) is 0. The standard InChI is InChI=1S/C14H26O2/c1-13(2)9-11(8-12(15)10-13)6-7-14(3,4)16-5/h11H,6-10H2,1-5H3. The molecular formula is C14H26O2. The Balaban J connectivity index is 2.46. The van der Waals surface area contributed by atoms with E-state index >= 15 is 0 Å². The maximum atomic E-state index is 11.7. The zero-order valence-electron chi connectivity index (χ0n) is 11.4. The van der Waals surface area contributed by atoms with Gasteiger partial charge in [0.1, 0.15) is 5.78 Å². The van der Waals surface area contributed by atoms with E-state index in [9.17, 15) is 4.79 Å². The molecule has 94 valence electrons. The molecule has 2 nitrogen and oxygen atoms in total. The molecule has 0 bridgehead atoms. The van der Waals surface area contributed by atoms with Crippen LogP contribution in [0.4, 0.5) is 0 Å². The number of carbonyl (C=O) groups is 1. The van der Waals surface area contributed by atoms with Crippen LogP contribution < -0.4 is 0 Å². The van der Waals surface area contributed by atoms with E-state index in [0.717, 1.165) is 25.7 Å². The molecule has 16 heavy (non-hydrogen) atoms. The number of ketones is 1. The highest BCUT2D eigenvalue weighted by Gasteiger charge is 2.33. The highest BCUT2D eigenvalue weighted by atomic mass is 16.5. The van der Waals surface area contributed by atoms with Crippen LogP contribution in [-0.2, 0) is 9.53 Å². The topological polar surface area (TPSA) is 26.3 Å². The van der Waals surface area contributed by atoms with Gasteiger partial charge in [0, 0.05) is 20.0 Å². The Morgan fingerprint density at radius 3 is 2.56 bits per heavy atom. The van der Waals surface area contributed by atoms with Crippen molar-refractivity contribution in [3.63, 3.8) is 0 Å². The second-order valence-corrected chi connectivity index (χ2v) is 6.66. The molecule has 0 saturated heterocycles. The van der Waals surface area contributed by atoms with Crippen molar-refractivity contribution in [2.75, 3.05) is 7.11 Å². The molecule has 1 rings (SSSR count). The molecule has 1 saturated carbocycles. The summed E-state index contributed by atoms with van der Waals surface area (Å²) in [7, 11) is 1.76. The number of rotatable bonds is 4. The molecule has 0 N–H and O–H groups in total. The van der Waals surface area contributed by atoms with Crippen molar-refractivity contribution < 1.29 is 9.53 Å². The Morgan fingerprint density at radius 1 is 1.44 bits per heavy atom. The number of methoxy groups -OCH3 is 1. The molecule has 0 spiro atoms. The summed E-state index contributed by atoms with van der Waals surface area (Å²) < 4.78 is 5.42. The summed E-state index contributed by atoms with van der Waals surface area (Å²) in [5, 5.41) is 0. The van der Waals surface area contributed by atoms with Gasteiger partial charge in [-0.25, -0.2) is 0 Å². The average Bonchev–Trinajstić information content (AvgIpc) is 2.12. The Kier molecular flexibility index (Phi) is 4.17. The summed E-state index contributed by atoms with van der Waals surface area (Å²) >= 11 is 0. The van der Waals surface area contributed by atoms with Crippen LogP contribution in [0.1, 0.15) is 59.8 Å². The predicted molar refractivity (Wildman–Crippen MR) is 66.5 cm³/mol. The molecular weight excluding hydrogens is 200 g/mol. The summed E-state index contributed by atoms with van der Waals surface area (Å²) in [6.07, 6.45) is 4.87. The van der Waals surface area contributed by atoms with Gasteiger partial charge >= 0.3 is 0 Å². The SMILES string of the molecule is COC(C)(C)CCC1CC(=O)CC(C)(C)C1. The van der Waals surface area contributed by atoms with Gasteiger partial charge in [-0.2, -0.15) is 0 Å². The monoisotopic (exact) mass is 226 g/mol. The molecule has 0 amide bonds. The smallest absolute Gasteiger partial charge is 0.133 e. The zero-order valence-corrected chi connectivity index (χ0v) is 11.4. The molecule has 1 unspecified atom stereocenters. The molecule has 0 radical (unpaired) electrons. The Morgan fingerprint density at radius 2 is 2.06 bits per heavy atom. The van der Waals surface area contributed by atoms with Crippen LogP contribution in [0.5, 0.6) is 0 Å². The van der Waals surface area contributed by atoms with Crippen LogP contribution >= 0.6 is 0 Å². The van der Waals surface area contributed by atoms with E-state index in [0.29, 0.717) is 11.7 Å². The van der Waals surface area contributed by atoms with Crippen LogP contribution in [-0.4, -0.2) is 18.5 Å². The van der Waals surface area contributed by atoms with E-state index in [1.54, 1.807) is 7.11 Å².